The number of fused-ring (bicyclic) bond motifs is 2. The third-order valence-electron chi connectivity index (χ3n) is 6.03. The van der Waals surface area contributed by atoms with Crippen LogP contribution in [0.3, 0.4) is 0 Å². The Hall–Kier alpha value is -3.45. The van der Waals surface area contributed by atoms with Crippen LogP contribution in [0, 0.1) is 0 Å². The fourth-order valence-electron chi connectivity index (χ4n) is 4.25. The molecule has 1 aliphatic rings. The summed E-state index contributed by atoms with van der Waals surface area (Å²) < 4.78 is 79.3. The van der Waals surface area contributed by atoms with Crippen LogP contribution in [0.1, 0.15) is 31.6 Å². The maximum absolute atomic E-state index is 10.9. The summed E-state index contributed by atoms with van der Waals surface area (Å²) in [6.07, 6.45) is 10.6. The molecule has 39 heavy (non-hydrogen) atoms. The highest BCUT2D eigenvalue weighted by molar-refractivity contribution is 7.85. The summed E-state index contributed by atoms with van der Waals surface area (Å²) in [6.45, 7) is 0.989. The van der Waals surface area contributed by atoms with Crippen molar-refractivity contribution in [2.24, 2.45) is 0 Å². The average molecular weight is 574 g/mol. The van der Waals surface area contributed by atoms with E-state index in [2.05, 4.69) is 0 Å². The van der Waals surface area contributed by atoms with Gasteiger partial charge in [0.1, 0.15) is 0 Å². The van der Waals surface area contributed by atoms with E-state index in [1.807, 2.05) is 64.1 Å². The molecule has 0 saturated heterocycles. The van der Waals surface area contributed by atoms with Gasteiger partial charge in [-0.15, -0.1) is 0 Å². The largest absolute Gasteiger partial charge is 0.748 e. The zero-order valence-electron chi connectivity index (χ0n) is 21.1. The van der Waals surface area contributed by atoms with Crippen LogP contribution in [0.25, 0.3) is 17.2 Å². The van der Waals surface area contributed by atoms with Gasteiger partial charge in [0, 0.05) is 30.5 Å². The summed E-state index contributed by atoms with van der Waals surface area (Å²) in [5.74, 6) is 1.06. The van der Waals surface area contributed by atoms with Crippen LogP contribution < -0.4 is 14.2 Å². The lowest BCUT2D eigenvalue weighted by atomic mass is 10.2. The number of aryl methyl sites for hydroxylation is 1. The molecular weight excluding hydrogens is 544 g/mol. The summed E-state index contributed by atoms with van der Waals surface area (Å²) >= 11 is 0. The maximum Gasteiger partial charge on any atom is 0.374 e. The van der Waals surface area contributed by atoms with Gasteiger partial charge in [0.15, 0.2) is 12.3 Å². The van der Waals surface area contributed by atoms with E-state index in [-0.39, 0.29) is 12.8 Å². The summed E-state index contributed by atoms with van der Waals surface area (Å²) in [5.41, 5.74) is 2.42. The first kappa shape index (κ1) is 28.6. The first-order valence-corrected chi connectivity index (χ1v) is 15.6. The van der Waals surface area contributed by atoms with E-state index in [1.165, 1.54) is 0 Å². The van der Waals surface area contributed by atoms with Crippen molar-refractivity contribution in [1.82, 2.24) is 0 Å². The summed E-state index contributed by atoms with van der Waals surface area (Å²) in [6, 6.07) is 15.0. The second kappa shape index (κ2) is 12.6. The first-order valence-electron chi connectivity index (χ1n) is 12.5. The lowest BCUT2D eigenvalue weighted by Crippen LogP contribution is -2.35. The van der Waals surface area contributed by atoms with Gasteiger partial charge in [-0.25, -0.2) is 16.8 Å². The number of hydrogen-bond donors (Lipinski definition) is 0. The molecule has 208 valence electrons. The fraction of sp³-hybridized carbons (Fsp3) is 0.296. The van der Waals surface area contributed by atoms with Crippen LogP contribution in [0.4, 0.5) is 5.69 Å². The molecule has 1 aliphatic heterocycles. The Morgan fingerprint density at radius 2 is 1.51 bits per heavy atom. The Kier molecular flexibility index (Phi) is 9.23. The molecule has 0 atom stereocenters. The van der Waals surface area contributed by atoms with E-state index in [9.17, 15) is 25.9 Å². The molecule has 2 heterocycles. The van der Waals surface area contributed by atoms with Crippen LogP contribution in [-0.2, 0) is 26.8 Å². The number of allylic oxidation sites excluding steroid dienone is 4. The van der Waals surface area contributed by atoms with Crippen molar-refractivity contribution in [2.75, 3.05) is 23.0 Å². The standard InChI is InChI=1S/C27H30N2O8S2/c30-38(31,32)20-10-8-18-28-22-12-4-6-14-24(22)36-26(28)16-2-1-3-17-27-29(19-9-11-21-39(33,34)35)23-13-5-7-15-25(23)37-27/h1-7,12-17H,8-11,18-21H2,(H-,30,31,32,33,34,35)/p-1. The van der Waals surface area contributed by atoms with Crippen LogP contribution in [0.5, 0.6) is 5.75 Å². The summed E-state index contributed by atoms with van der Waals surface area (Å²) in [5, 5.41) is 0. The quantitative estimate of drug-likeness (QED) is 0.129. The van der Waals surface area contributed by atoms with Gasteiger partial charge in [-0.3, -0.25) is 0 Å². The third kappa shape index (κ3) is 8.27. The lowest BCUT2D eigenvalue weighted by Gasteiger charge is -2.18. The molecule has 0 spiro atoms. The molecule has 0 aliphatic carbocycles. The molecule has 0 amide bonds. The van der Waals surface area contributed by atoms with Gasteiger partial charge in [-0.2, -0.15) is 4.57 Å². The molecule has 0 bridgehead atoms. The fourth-order valence-corrected chi connectivity index (χ4v) is 5.37. The van der Waals surface area contributed by atoms with Crippen LogP contribution >= 0.6 is 0 Å². The van der Waals surface area contributed by atoms with E-state index in [0.29, 0.717) is 49.0 Å². The topological polar surface area (TPSA) is 144 Å². The van der Waals surface area contributed by atoms with Crippen LogP contribution in [0.15, 0.2) is 83.1 Å². The van der Waals surface area contributed by atoms with Crippen molar-refractivity contribution >= 4 is 43.1 Å². The van der Waals surface area contributed by atoms with Crippen molar-refractivity contribution in [3.05, 3.63) is 84.6 Å². The zero-order valence-corrected chi connectivity index (χ0v) is 22.8. The maximum atomic E-state index is 10.9. The smallest absolute Gasteiger partial charge is 0.374 e. The lowest BCUT2D eigenvalue weighted by molar-refractivity contribution is -0.678. The SMILES string of the molecule is O=S(=O)([O-])CCCCN1/C(=C/C=C/C=C/c2oc3ccccc3[n+]2CCCCS(=O)(=O)[O-])Oc2ccccc21. The Balaban J connectivity index is 1.44. The second-order valence-corrected chi connectivity index (χ2v) is 12.0. The number of para-hydroxylation sites is 4. The highest BCUT2D eigenvalue weighted by Gasteiger charge is 2.25. The average Bonchev–Trinajstić information content (AvgIpc) is 3.40. The van der Waals surface area contributed by atoms with Crippen LogP contribution in [-0.4, -0.2) is 44.0 Å². The highest BCUT2D eigenvalue weighted by Crippen LogP contribution is 2.38. The monoisotopic (exact) mass is 573 g/mol. The van der Waals surface area contributed by atoms with E-state index >= 15 is 0 Å². The molecule has 1 aromatic heterocycles. The number of rotatable bonds is 13. The van der Waals surface area contributed by atoms with Gasteiger partial charge < -0.3 is 23.2 Å². The third-order valence-corrected chi connectivity index (χ3v) is 7.60. The Bertz CT molecular complexity index is 1610. The number of nitrogens with zero attached hydrogens (tertiary/aromatic N) is 2. The number of benzene rings is 2. The molecule has 0 fully saturated rings. The van der Waals surface area contributed by atoms with Gasteiger partial charge in [0.25, 0.3) is 5.52 Å². The number of oxazole rings is 1. The highest BCUT2D eigenvalue weighted by atomic mass is 32.2. The molecule has 3 aromatic rings. The van der Waals surface area contributed by atoms with Crippen molar-refractivity contribution < 1.29 is 39.7 Å². The molecule has 0 unspecified atom stereocenters. The minimum Gasteiger partial charge on any atom is -0.748 e. The van der Waals surface area contributed by atoms with E-state index in [0.717, 1.165) is 11.2 Å². The minimum absolute atomic E-state index is 0.264. The summed E-state index contributed by atoms with van der Waals surface area (Å²) in [4.78, 5) is 1.94. The predicted molar refractivity (Wildman–Crippen MR) is 145 cm³/mol. The van der Waals surface area contributed by atoms with Gasteiger partial charge in [-0.05, 0) is 43.5 Å². The van der Waals surface area contributed by atoms with Gasteiger partial charge in [-0.1, -0.05) is 42.5 Å². The Morgan fingerprint density at radius 1 is 0.821 bits per heavy atom. The summed E-state index contributed by atoms with van der Waals surface area (Å²) in [7, 11) is -8.48. The van der Waals surface area contributed by atoms with Crippen LogP contribution in [0.2, 0.25) is 0 Å². The molecule has 0 radical (unpaired) electrons. The van der Waals surface area contributed by atoms with Crippen molar-refractivity contribution in [2.45, 2.75) is 32.2 Å². The van der Waals surface area contributed by atoms with Gasteiger partial charge >= 0.3 is 5.89 Å². The number of aromatic nitrogens is 1. The minimum atomic E-state index is -4.24. The number of ether oxygens (including phenoxy) is 1. The Morgan fingerprint density at radius 3 is 2.28 bits per heavy atom. The first-order chi connectivity index (χ1) is 18.6. The molecular formula is C27H29N2O8S2-. The zero-order chi connectivity index (χ0) is 27.9. The molecule has 4 rings (SSSR count). The number of hydrogen-bond acceptors (Lipinski definition) is 9. The molecule has 2 aromatic carbocycles. The van der Waals surface area contributed by atoms with Gasteiger partial charge in [0.05, 0.1) is 32.0 Å². The second-order valence-electron chi connectivity index (χ2n) is 8.97. The Labute approximate surface area is 228 Å². The van der Waals surface area contributed by atoms with Gasteiger partial charge in [0.2, 0.25) is 11.5 Å². The molecule has 10 nitrogen and oxygen atoms in total. The van der Waals surface area contributed by atoms with Crippen molar-refractivity contribution in [3.63, 3.8) is 0 Å². The number of unbranched alkanes of at least 4 members (excludes halogenated alkanes) is 2. The number of anilines is 1. The van der Waals surface area contributed by atoms with Crippen molar-refractivity contribution in [3.8, 4) is 5.75 Å². The molecule has 12 heteroatoms. The normalized spacial score (nSPS) is 15.1. The predicted octanol–water partition coefficient (Wildman–Crippen LogP) is 3.68. The van der Waals surface area contributed by atoms with E-state index in [1.54, 1.807) is 24.3 Å². The van der Waals surface area contributed by atoms with Crippen molar-refractivity contribution in [1.29, 1.82) is 0 Å². The molecule has 0 saturated carbocycles. The van der Waals surface area contributed by atoms with E-state index < -0.39 is 31.7 Å². The van der Waals surface area contributed by atoms with E-state index in [4.69, 9.17) is 9.15 Å². The molecule has 0 N–H and O–H groups in total.